The van der Waals surface area contributed by atoms with Gasteiger partial charge < -0.3 is 9.55 Å². The second kappa shape index (κ2) is 5.02. The molecule has 3 rings (SSSR count). The van der Waals surface area contributed by atoms with E-state index in [2.05, 4.69) is 19.9 Å². The van der Waals surface area contributed by atoms with Crippen LogP contribution in [0.4, 0.5) is 0 Å². The van der Waals surface area contributed by atoms with Crippen molar-refractivity contribution in [1.82, 2.24) is 24.5 Å². The molecule has 0 amide bonds. The molecule has 0 saturated carbocycles. The van der Waals surface area contributed by atoms with Gasteiger partial charge in [-0.15, -0.1) is 0 Å². The lowest BCUT2D eigenvalue weighted by Crippen LogP contribution is -2.15. The van der Waals surface area contributed by atoms with Crippen LogP contribution in [0.3, 0.4) is 0 Å². The number of H-pyrrole nitrogens is 1. The quantitative estimate of drug-likeness (QED) is 0.756. The molecule has 0 aliphatic heterocycles. The standard InChI is InChI=1S/C14H10N6O/c1-20-8-17-7-11(20)12-10(5-15)14(21)19-13(18-12)9-3-2-4-16-6-9/h2-4,6-8H,1H3,(H,18,19,21). The molecule has 102 valence electrons. The van der Waals surface area contributed by atoms with E-state index in [-0.39, 0.29) is 5.56 Å². The first-order valence-electron chi connectivity index (χ1n) is 6.12. The summed E-state index contributed by atoms with van der Waals surface area (Å²) < 4.78 is 1.70. The first kappa shape index (κ1) is 12.7. The van der Waals surface area contributed by atoms with Crippen molar-refractivity contribution in [1.29, 1.82) is 5.26 Å². The molecule has 0 aromatic carbocycles. The number of pyridine rings is 1. The fourth-order valence-corrected chi connectivity index (χ4v) is 1.99. The average molecular weight is 278 g/mol. The molecule has 1 N–H and O–H groups in total. The molecule has 21 heavy (non-hydrogen) atoms. The van der Waals surface area contributed by atoms with Crippen LogP contribution < -0.4 is 5.56 Å². The number of hydrogen-bond acceptors (Lipinski definition) is 5. The number of nitrogens with zero attached hydrogens (tertiary/aromatic N) is 5. The summed E-state index contributed by atoms with van der Waals surface area (Å²) in [4.78, 5) is 27.1. The molecule has 0 unspecified atom stereocenters. The Kier molecular flexibility index (Phi) is 3.04. The Morgan fingerprint density at radius 3 is 2.81 bits per heavy atom. The van der Waals surface area contributed by atoms with Gasteiger partial charge in [0.2, 0.25) is 0 Å². The second-order valence-electron chi connectivity index (χ2n) is 4.38. The van der Waals surface area contributed by atoms with Gasteiger partial charge in [-0.2, -0.15) is 5.26 Å². The number of aromatic amines is 1. The summed E-state index contributed by atoms with van der Waals surface area (Å²) in [6.07, 6.45) is 6.38. The van der Waals surface area contributed by atoms with Crippen LogP contribution >= 0.6 is 0 Å². The third kappa shape index (κ3) is 2.19. The van der Waals surface area contributed by atoms with Gasteiger partial charge in [0, 0.05) is 25.0 Å². The summed E-state index contributed by atoms with van der Waals surface area (Å²) >= 11 is 0. The molecule has 3 aromatic rings. The third-order valence-corrected chi connectivity index (χ3v) is 3.03. The van der Waals surface area contributed by atoms with Crippen LogP contribution in [0.15, 0.2) is 41.8 Å². The summed E-state index contributed by atoms with van der Waals surface area (Å²) in [5.74, 6) is 0.364. The zero-order valence-electron chi connectivity index (χ0n) is 11.1. The topological polar surface area (TPSA) is 100 Å². The third-order valence-electron chi connectivity index (χ3n) is 3.03. The molecular weight excluding hydrogens is 268 g/mol. The van der Waals surface area contributed by atoms with Crippen molar-refractivity contribution in [3.05, 3.63) is 53.0 Å². The summed E-state index contributed by atoms with van der Waals surface area (Å²) in [5.41, 5.74) is 1.05. The highest BCUT2D eigenvalue weighted by Crippen LogP contribution is 2.21. The fourth-order valence-electron chi connectivity index (χ4n) is 1.99. The highest BCUT2D eigenvalue weighted by atomic mass is 16.1. The van der Waals surface area contributed by atoms with Crippen LogP contribution in [0.25, 0.3) is 22.8 Å². The van der Waals surface area contributed by atoms with Gasteiger partial charge in [-0.3, -0.25) is 9.78 Å². The largest absolute Gasteiger partial charge is 0.332 e. The van der Waals surface area contributed by atoms with Crippen molar-refractivity contribution >= 4 is 0 Å². The molecule has 7 heteroatoms. The van der Waals surface area contributed by atoms with Crippen molar-refractivity contribution < 1.29 is 0 Å². The number of rotatable bonds is 2. The summed E-state index contributed by atoms with van der Waals surface area (Å²) in [7, 11) is 1.77. The molecule has 0 fully saturated rings. The van der Waals surface area contributed by atoms with E-state index in [0.29, 0.717) is 22.8 Å². The van der Waals surface area contributed by atoms with Gasteiger partial charge in [0.15, 0.2) is 0 Å². The van der Waals surface area contributed by atoms with Crippen molar-refractivity contribution in [2.45, 2.75) is 0 Å². The lowest BCUT2D eigenvalue weighted by atomic mass is 10.1. The van der Waals surface area contributed by atoms with E-state index in [1.807, 2.05) is 6.07 Å². The van der Waals surface area contributed by atoms with E-state index in [1.165, 1.54) is 0 Å². The van der Waals surface area contributed by atoms with Gasteiger partial charge in [-0.1, -0.05) is 0 Å². The average Bonchev–Trinajstić information content (AvgIpc) is 2.93. The van der Waals surface area contributed by atoms with E-state index in [1.54, 1.807) is 48.7 Å². The predicted molar refractivity (Wildman–Crippen MR) is 75.0 cm³/mol. The maximum Gasteiger partial charge on any atom is 0.269 e. The van der Waals surface area contributed by atoms with Crippen molar-refractivity contribution in [3.8, 4) is 28.8 Å². The lowest BCUT2D eigenvalue weighted by molar-refractivity contribution is 0.913. The van der Waals surface area contributed by atoms with Gasteiger partial charge in [-0.25, -0.2) is 9.97 Å². The molecule has 0 bridgehead atoms. The fraction of sp³-hybridized carbons (Fsp3) is 0.0714. The van der Waals surface area contributed by atoms with Crippen molar-refractivity contribution in [3.63, 3.8) is 0 Å². The summed E-state index contributed by atoms with van der Waals surface area (Å²) in [5, 5.41) is 9.20. The van der Waals surface area contributed by atoms with Crippen molar-refractivity contribution in [2.24, 2.45) is 7.05 Å². The molecule has 0 atom stereocenters. The SMILES string of the molecule is Cn1cncc1-c1nc(-c2cccnc2)[nH]c(=O)c1C#N. The zero-order valence-corrected chi connectivity index (χ0v) is 11.1. The zero-order chi connectivity index (χ0) is 14.8. The minimum Gasteiger partial charge on any atom is -0.332 e. The highest BCUT2D eigenvalue weighted by molar-refractivity contribution is 5.66. The number of aromatic nitrogens is 5. The molecule has 0 saturated heterocycles. The van der Waals surface area contributed by atoms with Crippen molar-refractivity contribution in [2.75, 3.05) is 0 Å². The lowest BCUT2D eigenvalue weighted by Gasteiger charge is -2.06. The molecule has 0 aliphatic rings. The van der Waals surface area contributed by atoms with Gasteiger partial charge >= 0.3 is 0 Å². The van der Waals surface area contributed by atoms with Crippen LogP contribution in [-0.2, 0) is 7.05 Å². The second-order valence-corrected chi connectivity index (χ2v) is 4.38. The molecule has 0 radical (unpaired) electrons. The Morgan fingerprint density at radius 2 is 2.19 bits per heavy atom. The Hall–Kier alpha value is -3.27. The van der Waals surface area contributed by atoms with Crippen LogP contribution in [-0.4, -0.2) is 24.5 Å². The number of aryl methyl sites for hydroxylation is 1. The molecule has 3 heterocycles. The molecule has 0 aliphatic carbocycles. The maximum atomic E-state index is 12.1. The van der Waals surface area contributed by atoms with Crippen LogP contribution in [0.5, 0.6) is 0 Å². The number of nitrogens with one attached hydrogen (secondary N) is 1. The predicted octanol–water partition coefficient (Wildman–Crippen LogP) is 1.10. The van der Waals surface area contributed by atoms with E-state index < -0.39 is 5.56 Å². The first-order chi connectivity index (χ1) is 10.2. The Balaban J connectivity index is 2.29. The van der Waals surface area contributed by atoms with E-state index in [4.69, 9.17) is 0 Å². The van der Waals surface area contributed by atoms with Gasteiger partial charge in [0.05, 0.1) is 18.2 Å². The minimum atomic E-state index is -0.484. The monoisotopic (exact) mass is 278 g/mol. The Labute approximate surface area is 119 Å². The number of imidazole rings is 1. The summed E-state index contributed by atoms with van der Waals surface area (Å²) in [6, 6.07) is 5.42. The van der Waals surface area contributed by atoms with Crippen LogP contribution in [0.2, 0.25) is 0 Å². The Morgan fingerprint density at radius 1 is 1.33 bits per heavy atom. The van der Waals surface area contributed by atoms with Gasteiger partial charge in [-0.05, 0) is 12.1 Å². The van der Waals surface area contributed by atoms with Gasteiger partial charge in [0.25, 0.3) is 5.56 Å². The maximum absolute atomic E-state index is 12.1. The van der Waals surface area contributed by atoms with Gasteiger partial charge in [0.1, 0.15) is 23.2 Å². The molecule has 3 aromatic heterocycles. The van der Waals surface area contributed by atoms with Crippen LogP contribution in [0.1, 0.15) is 5.56 Å². The Bertz CT molecular complexity index is 888. The smallest absolute Gasteiger partial charge is 0.269 e. The number of nitriles is 1. The highest BCUT2D eigenvalue weighted by Gasteiger charge is 2.16. The molecule has 7 nitrogen and oxygen atoms in total. The van der Waals surface area contributed by atoms with Crippen LogP contribution in [0, 0.1) is 11.3 Å². The summed E-state index contributed by atoms with van der Waals surface area (Å²) in [6.45, 7) is 0. The van der Waals surface area contributed by atoms with E-state index >= 15 is 0 Å². The minimum absolute atomic E-state index is 0.0359. The molecule has 0 spiro atoms. The van der Waals surface area contributed by atoms with E-state index in [0.717, 1.165) is 0 Å². The molecular formula is C14H10N6O. The first-order valence-corrected chi connectivity index (χ1v) is 6.12. The normalized spacial score (nSPS) is 10.3. The van der Waals surface area contributed by atoms with E-state index in [9.17, 15) is 10.1 Å². The number of hydrogen-bond donors (Lipinski definition) is 1.